The van der Waals surface area contributed by atoms with E-state index in [4.69, 9.17) is 0 Å². The number of nitrogens with zero attached hydrogens (tertiary/aromatic N) is 2. The zero-order chi connectivity index (χ0) is 14.5. The first-order chi connectivity index (χ1) is 9.69. The minimum atomic E-state index is -0.115. The molecular weight excluding hydrogens is 250 g/mol. The van der Waals surface area contributed by atoms with Crippen LogP contribution in [0.2, 0.25) is 0 Å². The van der Waals surface area contributed by atoms with Crippen molar-refractivity contribution in [3.05, 3.63) is 29.3 Å². The van der Waals surface area contributed by atoms with Gasteiger partial charge in [0.25, 0.3) is 0 Å². The van der Waals surface area contributed by atoms with Crippen molar-refractivity contribution in [3.63, 3.8) is 0 Å². The first-order valence-electron chi connectivity index (χ1n) is 7.23. The van der Waals surface area contributed by atoms with Gasteiger partial charge in [-0.1, -0.05) is 19.1 Å². The quantitative estimate of drug-likeness (QED) is 0.914. The van der Waals surface area contributed by atoms with Crippen molar-refractivity contribution in [1.82, 2.24) is 5.32 Å². The van der Waals surface area contributed by atoms with Crippen molar-refractivity contribution in [2.24, 2.45) is 0 Å². The molecule has 0 radical (unpaired) electrons. The summed E-state index contributed by atoms with van der Waals surface area (Å²) in [6.07, 6.45) is 2.85. The Balaban J connectivity index is 2.26. The van der Waals surface area contributed by atoms with Gasteiger partial charge in [0.1, 0.15) is 6.07 Å². The highest BCUT2D eigenvalue weighted by atomic mass is 16.2. The third kappa shape index (κ3) is 2.83. The number of aryl methyl sites for hydroxylation is 1. The molecule has 1 aliphatic rings. The van der Waals surface area contributed by atoms with E-state index < -0.39 is 0 Å². The maximum Gasteiger partial charge on any atom is 0.244 e. The van der Waals surface area contributed by atoms with Gasteiger partial charge < -0.3 is 10.2 Å². The Morgan fingerprint density at radius 1 is 1.50 bits per heavy atom. The van der Waals surface area contributed by atoms with E-state index >= 15 is 0 Å². The lowest BCUT2D eigenvalue weighted by molar-refractivity contribution is -0.121. The van der Waals surface area contributed by atoms with Gasteiger partial charge in [-0.3, -0.25) is 4.79 Å². The van der Waals surface area contributed by atoms with Crippen molar-refractivity contribution in [3.8, 4) is 6.07 Å². The van der Waals surface area contributed by atoms with Crippen molar-refractivity contribution >= 4 is 11.6 Å². The van der Waals surface area contributed by atoms with Crippen molar-refractivity contribution in [2.75, 3.05) is 18.0 Å². The Kier molecular flexibility index (Phi) is 4.75. The van der Waals surface area contributed by atoms with E-state index in [1.54, 1.807) is 4.90 Å². The van der Waals surface area contributed by atoms with E-state index in [0.29, 0.717) is 12.1 Å². The number of nitriles is 1. The second-order valence-corrected chi connectivity index (χ2v) is 5.22. The highest BCUT2D eigenvalue weighted by Crippen LogP contribution is 2.26. The largest absolute Gasteiger partial charge is 0.310 e. The topological polar surface area (TPSA) is 56.1 Å². The fraction of sp³-hybridized carbons (Fsp3) is 0.500. The molecule has 4 nitrogen and oxygen atoms in total. The van der Waals surface area contributed by atoms with Gasteiger partial charge in [-0.15, -0.1) is 0 Å². The average Bonchev–Trinajstić information content (AvgIpc) is 2.46. The number of nitrogens with one attached hydrogen (secondary N) is 1. The van der Waals surface area contributed by atoms with Crippen molar-refractivity contribution in [1.29, 1.82) is 5.26 Å². The lowest BCUT2D eigenvalue weighted by Gasteiger charge is -2.33. The van der Waals surface area contributed by atoms with Crippen LogP contribution in [0.25, 0.3) is 0 Å². The number of amides is 1. The van der Waals surface area contributed by atoms with E-state index in [9.17, 15) is 10.1 Å². The van der Waals surface area contributed by atoms with Crippen LogP contribution in [0, 0.1) is 18.3 Å². The van der Waals surface area contributed by atoms with E-state index in [1.165, 1.54) is 0 Å². The van der Waals surface area contributed by atoms with Crippen LogP contribution < -0.4 is 10.2 Å². The predicted molar refractivity (Wildman–Crippen MR) is 79.6 cm³/mol. The van der Waals surface area contributed by atoms with Crippen LogP contribution in [-0.2, 0) is 4.79 Å². The zero-order valence-electron chi connectivity index (χ0n) is 12.1. The van der Waals surface area contributed by atoms with Gasteiger partial charge in [0.05, 0.1) is 17.3 Å². The maximum absolute atomic E-state index is 12.6. The summed E-state index contributed by atoms with van der Waals surface area (Å²) < 4.78 is 0. The lowest BCUT2D eigenvalue weighted by atomic mass is 10.0. The number of hydrogen-bond donors (Lipinski definition) is 1. The SMILES string of the molecule is CCCNC1CCCN(c2cccc(C)c2C#N)C1=O. The predicted octanol–water partition coefficient (Wildman–Crippen LogP) is 2.36. The molecule has 106 valence electrons. The summed E-state index contributed by atoms with van der Waals surface area (Å²) in [5, 5.41) is 12.6. The van der Waals surface area contributed by atoms with Gasteiger partial charge in [0, 0.05) is 6.54 Å². The monoisotopic (exact) mass is 271 g/mol. The number of anilines is 1. The van der Waals surface area contributed by atoms with Crippen LogP contribution in [-0.4, -0.2) is 25.0 Å². The Morgan fingerprint density at radius 3 is 3.00 bits per heavy atom. The van der Waals surface area contributed by atoms with Crippen LogP contribution in [0.15, 0.2) is 18.2 Å². The molecule has 0 saturated carbocycles. The van der Waals surface area contributed by atoms with Gasteiger partial charge in [-0.25, -0.2) is 0 Å². The molecule has 2 rings (SSSR count). The molecule has 0 bridgehead atoms. The smallest absolute Gasteiger partial charge is 0.244 e. The fourth-order valence-corrected chi connectivity index (χ4v) is 2.65. The maximum atomic E-state index is 12.6. The number of benzene rings is 1. The molecule has 4 heteroatoms. The molecule has 0 aromatic heterocycles. The summed E-state index contributed by atoms with van der Waals surface area (Å²) in [5.74, 6) is 0.0896. The summed E-state index contributed by atoms with van der Waals surface area (Å²) in [7, 11) is 0. The number of rotatable bonds is 4. The third-order valence-corrected chi connectivity index (χ3v) is 3.73. The minimum absolute atomic E-state index is 0.0896. The summed E-state index contributed by atoms with van der Waals surface area (Å²) in [6, 6.07) is 7.79. The molecule has 1 aromatic carbocycles. The van der Waals surface area contributed by atoms with E-state index in [1.807, 2.05) is 25.1 Å². The third-order valence-electron chi connectivity index (χ3n) is 3.73. The van der Waals surface area contributed by atoms with Gasteiger partial charge >= 0.3 is 0 Å². The Morgan fingerprint density at radius 2 is 2.30 bits per heavy atom. The highest BCUT2D eigenvalue weighted by molar-refractivity contribution is 5.99. The molecule has 1 N–H and O–H groups in total. The molecule has 1 aliphatic heterocycles. The molecule has 1 heterocycles. The van der Waals surface area contributed by atoms with E-state index in [0.717, 1.165) is 37.1 Å². The van der Waals surface area contributed by atoms with Crippen LogP contribution in [0.5, 0.6) is 0 Å². The minimum Gasteiger partial charge on any atom is -0.310 e. The van der Waals surface area contributed by atoms with Crippen LogP contribution >= 0.6 is 0 Å². The molecule has 20 heavy (non-hydrogen) atoms. The van der Waals surface area contributed by atoms with E-state index in [2.05, 4.69) is 18.3 Å². The van der Waals surface area contributed by atoms with Gasteiger partial charge in [-0.05, 0) is 44.4 Å². The molecular formula is C16H21N3O. The Bertz CT molecular complexity index is 533. The van der Waals surface area contributed by atoms with Gasteiger partial charge in [0.15, 0.2) is 0 Å². The number of carbonyl (C=O) groups excluding carboxylic acids is 1. The second kappa shape index (κ2) is 6.53. The zero-order valence-corrected chi connectivity index (χ0v) is 12.1. The summed E-state index contributed by atoms with van der Waals surface area (Å²) in [4.78, 5) is 14.3. The number of piperidine rings is 1. The molecule has 1 saturated heterocycles. The van der Waals surface area contributed by atoms with Crippen molar-refractivity contribution in [2.45, 2.75) is 39.2 Å². The standard InChI is InChI=1S/C16H21N3O/c1-3-9-18-14-7-5-10-19(16(14)20)15-8-4-6-12(2)13(15)11-17/h4,6,8,14,18H,3,5,7,9-10H2,1-2H3. The lowest BCUT2D eigenvalue weighted by Crippen LogP contribution is -2.51. The average molecular weight is 271 g/mol. The molecule has 0 spiro atoms. The van der Waals surface area contributed by atoms with Crippen molar-refractivity contribution < 1.29 is 4.79 Å². The molecule has 1 unspecified atom stereocenters. The number of carbonyl (C=O) groups is 1. The summed E-state index contributed by atoms with van der Waals surface area (Å²) in [5.41, 5.74) is 2.28. The first-order valence-corrected chi connectivity index (χ1v) is 7.23. The van der Waals surface area contributed by atoms with E-state index in [-0.39, 0.29) is 11.9 Å². The van der Waals surface area contributed by atoms with Gasteiger partial charge in [-0.2, -0.15) is 5.26 Å². The normalized spacial score (nSPS) is 18.9. The van der Waals surface area contributed by atoms with Gasteiger partial charge in [0.2, 0.25) is 5.91 Å². The highest BCUT2D eigenvalue weighted by Gasteiger charge is 2.30. The Hall–Kier alpha value is -1.86. The molecule has 1 amide bonds. The molecule has 1 atom stereocenters. The second-order valence-electron chi connectivity index (χ2n) is 5.22. The molecule has 1 aromatic rings. The van der Waals surface area contributed by atoms with Crippen LogP contribution in [0.1, 0.15) is 37.3 Å². The first kappa shape index (κ1) is 14.5. The number of hydrogen-bond acceptors (Lipinski definition) is 3. The summed E-state index contributed by atoms with van der Waals surface area (Å²) in [6.45, 7) is 5.54. The summed E-state index contributed by atoms with van der Waals surface area (Å²) >= 11 is 0. The van der Waals surface area contributed by atoms with Crippen LogP contribution in [0.3, 0.4) is 0 Å². The fourth-order valence-electron chi connectivity index (χ4n) is 2.65. The Labute approximate surface area is 120 Å². The molecule has 1 fully saturated rings. The van der Waals surface area contributed by atoms with Crippen LogP contribution in [0.4, 0.5) is 5.69 Å². The molecule has 0 aliphatic carbocycles.